The lowest BCUT2D eigenvalue weighted by Gasteiger charge is -2.27. The van der Waals surface area contributed by atoms with Crippen molar-refractivity contribution >= 4 is 11.9 Å². The number of carbonyl (C=O) groups is 2. The number of esters is 2. The summed E-state index contributed by atoms with van der Waals surface area (Å²) in [6, 6.07) is 9.85. The molecule has 0 N–H and O–H groups in total. The molecule has 4 nitrogen and oxygen atoms in total. The number of rotatable bonds is 8. The summed E-state index contributed by atoms with van der Waals surface area (Å²) < 4.78 is 10.1. The molecule has 0 atom stereocenters. The van der Waals surface area contributed by atoms with Crippen LogP contribution in [0.3, 0.4) is 0 Å². The van der Waals surface area contributed by atoms with Gasteiger partial charge in [-0.1, -0.05) is 36.9 Å². The molecule has 1 aromatic rings. The summed E-state index contributed by atoms with van der Waals surface area (Å²) in [6.45, 7) is 9.30. The Morgan fingerprint density at radius 2 is 1.55 bits per heavy atom. The average Bonchev–Trinajstić information content (AvgIpc) is 2.53. The third-order valence-corrected chi connectivity index (χ3v) is 3.63. The number of carbonyl (C=O) groups excluding carboxylic acids is 2. The lowest BCUT2D eigenvalue weighted by atomic mass is 9.80. The minimum Gasteiger partial charge on any atom is -0.465 e. The highest BCUT2D eigenvalue weighted by atomic mass is 16.6. The van der Waals surface area contributed by atoms with Crippen molar-refractivity contribution in [2.45, 2.75) is 33.6 Å². The van der Waals surface area contributed by atoms with Gasteiger partial charge < -0.3 is 9.47 Å². The first kappa shape index (κ1) is 18.0. The van der Waals surface area contributed by atoms with Gasteiger partial charge in [0, 0.05) is 0 Å². The van der Waals surface area contributed by atoms with Gasteiger partial charge in [0.1, 0.15) is 0 Å². The molecule has 0 fully saturated rings. The number of hydrogen-bond donors (Lipinski definition) is 0. The third-order valence-electron chi connectivity index (χ3n) is 3.63. The second-order valence-electron chi connectivity index (χ2n) is 5.16. The van der Waals surface area contributed by atoms with Crippen LogP contribution in [0.2, 0.25) is 0 Å². The van der Waals surface area contributed by atoms with E-state index in [1.165, 1.54) is 6.92 Å². The second kappa shape index (κ2) is 8.37. The van der Waals surface area contributed by atoms with Crippen LogP contribution in [0.25, 0.3) is 0 Å². The van der Waals surface area contributed by atoms with Gasteiger partial charge in [0.15, 0.2) is 5.41 Å². The summed E-state index contributed by atoms with van der Waals surface area (Å²) in [5.41, 5.74) is 0.174. The van der Waals surface area contributed by atoms with Gasteiger partial charge in [0.05, 0.1) is 13.2 Å². The molecule has 4 heteroatoms. The molecule has 0 bridgehead atoms. The molecular formula is C18H24O4. The normalized spacial score (nSPS) is 10.9. The van der Waals surface area contributed by atoms with E-state index in [1.54, 1.807) is 13.8 Å². The van der Waals surface area contributed by atoms with Crippen LogP contribution >= 0.6 is 0 Å². The monoisotopic (exact) mass is 304 g/mol. The molecule has 0 aliphatic rings. The van der Waals surface area contributed by atoms with Gasteiger partial charge in [-0.3, -0.25) is 9.59 Å². The van der Waals surface area contributed by atoms with E-state index in [-0.39, 0.29) is 13.2 Å². The fourth-order valence-corrected chi connectivity index (χ4v) is 2.11. The molecule has 0 amide bonds. The Labute approximate surface area is 132 Å². The van der Waals surface area contributed by atoms with E-state index < -0.39 is 17.4 Å². The van der Waals surface area contributed by atoms with E-state index in [2.05, 4.69) is 6.58 Å². The van der Waals surface area contributed by atoms with Gasteiger partial charge in [-0.25, -0.2) is 0 Å². The molecule has 0 saturated heterocycles. The minimum absolute atomic E-state index is 0.208. The molecule has 0 saturated carbocycles. The fourth-order valence-electron chi connectivity index (χ4n) is 2.11. The van der Waals surface area contributed by atoms with Crippen molar-refractivity contribution in [1.82, 2.24) is 0 Å². The van der Waals surface area contributed by atoms with Crippen LogP contribution in [0.4, 0.5) is 0 Å². The summed E-state index contributed by atoms with van der Waals surface area (Å²) >= 11 is 0. The van der Waals surface area contributed by atoms with Gasteiger partial charge in [0.2, 0.25) is 0 Å². The van der Waals surface area contributed by atoms with Crippen LogP contribution in [0, 0.1) is 5.41 Å². The summed E-state index contributed by atoms with van der Waals surface area (Å²) in [6.07, 6.45) is 1.21. The molecule has 1 aromatic carbocycles. The van der Waals surface area contributed by atoms with Crippen LogP contribution in [0.5, 0.6) is 0 Å². The zero-order valence-corrected chi connectivity index (χ0v) is 13.6. The Morgan fingerprint density at radius 1 is 1.05 bits per heavy atom. The highest BCUT2D eigenvalue weighted by Gasteiger charge is 2.46. The Bertz CT molecular complexity index is 501. The van der Waals surface area contributed by atoms with E-state index >= 15 is 0 Å². The van der Waals surface area contributed by atoms with Crippen LogP contribution < -0.4 is 0 Å². The lowest BCUT2D eigenvalue weighted by molar-refractivity contribution is -0.167. The number of benzene rings is 1. The summed E-state index contributed by atoms with van der Waals surface area (Å²) in [4.78, 5) is 24.5. The Morgan fingerprint density at radius 3 is 2.00 bits per heavy atom. The van der Waals surface area contributed by atoms with Crippen molar-refractivity contribution in [2.24, 2.45) is 5.41 Å². The number of ether oxygens (including phenoxy) is 2. The van der Waals surface area contributed by atoms with Gasteiger partial charge in [-0.15, -0.1) is 0 Å². The first-order valence-electron chi connectivity index (χ1n) is 7.53. The molecular weight excluding hydrogens is 280 g/mol. The summed E-state index contributed by atoms with van der Waals surface area (Å²) in [5.74, 6) is -1.21. The molecule has 0 aliphatic heterocycles. The second-order valence-corrected chi connectivity index (χ2v) is 5.16. The Kier molecular flexibility index (Phi) is 6.83. The first-order chi connectivity index (χ1) is 10.5. The van der Waals surface area contributed by atoms with Crippen LogP contribution in [0.15, 0.2) is 42.5 Å². The summed E-state index contributed by atoms with van der Waals surface area (Å²) in [5, 5.41) is 0. The molecule has 0 radical (unpaired) electrons. The number of hydrogen-bond acceptors (Lipinski definition) is 4. The SMILES string of the molecule is C=C(CCc1ccccc1)C(C)(C(=O)OCC)C(=O)OCC. The van der Waals surface area contributed by atoms with Gasteiger partial charge in [-0.05, 0) is 44.7 Å². The van der Waals surface area contributed by atoms with Crippen molar-refractivity contribution in [1.29, 1.82) is 0 Å². The molecule has 22 heavy (non-hydrogen) atoms. The van der Waals surface area contributed by atoms with Gasteiger partial charge >= 0.3 is 11.9 Å². The molecule has 1 rings (SSSR count). The van der Waals surface area contributed by atoms with Gasteiger partial charge in [0.25, 0.3) is 0 Å². The summed E-state index contributed by atoms with van der Waals surface area (Å²) in [7, 11) is 0. The smallest absolute Gasteiger partial charge is 0.327 e. The molecule has 0 aliphatic carbocycles. The third kappa shape index (κ3) is 4.20. The van der Waals surface area contributed by atoms with E-state index in [0.29, 0.717) is 18.4 Å². The maximum Gasteiger partial charge on any atom is 0.327 e. The predicted octanol–water partition coefficient (Wildman–Crippen LogP) is 3.31. The highest BCUT2D eigenvalue weighted by molar-refractivity contribution is 6.03. The Balaban J connectivity index is 2.88. The predicted molar refractivity (Wildman–Crippen MR) is 85.3 cm³/mol. The average molecular weight is 304 g/mol. The fraction of sp³-hybridized carbons (Fsp3) is 0.444. The first-order valence-corrected chi connectivity index (χ1v) is 7.53. The topological polar surface area (TPSA) is 52.6 Å². The van der Waals surface area contributed by atoms with Crippen molar-refractivity contribution < 1.29 is 19.1 Å². The minimum atomic E-state index is -1.46. The van der Waals surface area contributed by atoms with Crippen LogP contribution in [0.1, 0.15) is 32.8 Å². The maximum atomic E-state index is 12.3. The van der Waals surface area contributed by atoms with E-state index in [0.717, 1.165) is 5.56 Å². The van der Waals surface area contributed by atoms with Crippen molar-refractivity contribution in [3.8, 4) is 0 Å². The molecule has 0 aromatic heterocycles. The van der Waals surface area contributed by atoms with E-state index in [4.69, 9.17) is 9.47 Å². The zero-order valence-electron chi connectivity index (χ0n) is 13.6. The van der Waals surface area contributed by atoms with Crippen molar-refractivity contribution in [3.63, 3.8) is 0 Å². The molecule has 0 unspecified atom stereocenters. The molecule has 0 spiro atoms. The standard InChI is InChI=1S/C18H24O4/c1-5-21-16(19)18(4,17(20)22-6-2)14(3)12-13-15-10-8-7-9-11-15/h7-11H,3,5-6,12-13H2,1-2,4H3. The van der Waals surface area contributed by atoms with Crippen LogP contribution in [-0.4, -0.2) is 25.2 Å². The molecule has 120 valence electrons. The quantitative estimate of drug-likeness (QED) is 0.420. The van der Waals surface area contributed by atoms with Gasteiger partial charge in [-0.2, -0.15) is 0 Å². The van der Waals surface area contributed by atoms with Crippen LogP contribution in [-0.2, 0) is 25.5 Å². The van der Waals surface area contributed by atoms with Crippen molar-refractivity contribution in [2.75, 3.05) is 13.2 Å². The van der Waals surface area contributed by atoms with Crippen molar-refractivity contribution in [3.05, 3.63) is 48.0 Å². The van der Waals surface area contributed by atoms with E-state index in [1.807, 2.05) is 30.3 Å². The van der Waals surface area contributed by atoms with E-state index in [9.17, 15) is 9.59 Å². The Hall–Kier alpha value is -2.10. The number of aryl methyl sites for hydroxylation is 1. The largest absolute Gasteiger partial charge is 0.465 e. The molecule has 0 heterocycles. The zero-order chi connectivity index (χ0) is 16.6. The maximum absolute atomic E-state index is 12.3. The highest BCUT2D eigenvalue weighted by Crippen LogP contribution is 2.32. The lowest BCUT2D eigenvalue weighted by Crippen LogP contribution is -2.41.